The summed E-state index contributed by atoms with van der Waals surface area (Å²) in [4.78, 5) is 4.46. The zero-order valence-electron chi connectivity index (χ0n) is 10.3. The molecule has 0 saturated heterocycles. The maximum Gasteiger partial charge on any atom is 0.153 e. The molecule has 19 heavy (non-hydrogen) atoms. The molecule has 96 valence electrons. The maximum atomic E-state index is 5.54. The molecule has 4 nitrogen and oxygen atoms in total. The molecule has 3 aromatic rings. The molecule has 1 aromatic carbocycles. The van der Waals surface area contributed by atoms with Crippen molar-refractivity contribution in [3.63, 3.8) is 0 Å². The molecule has 3 rings (SSSR count). The van der Waals surface area contributed by atoms with E-state index in [0.717, 1.165) is 33.5 Å². The number of fused-ring (bicyclic) bond motifs is 1. The van der Waals surface area contributed by atoms with Crippen molar-refractivity contribution < 1.29 is 0 Å². The summed E-state index contributed by atoms with van der Waals surface area (Å²) >= 11 is 3.43. The lowest BCUT2D eigenvalue weighted by Gasteiger charge is -2.01. The van der Waals surface area contributed by atoms with Gasteiger partial charge in [0.15, 0.2) is 5.65 Å². The predicted molar refractivity (Wildman–Crippen MR) is 78.9 cm³/mol. The van der Waals surface area contributed by atoms with Gasteiger partial charge in [-0.3, -0.25) is 0 Å². The molecule has 2 aromatic heterocycles. The van der Waals surface area contributed by atoms with E-state index in [1.165, 1.54) is 0 Å². The molecule has 0 aliphatic carbocycles. The highest BCUT2D eigenvalue weighted by Crippen LogP contribution is 2.20. The normalized spacial score (nSPS) is 11.1. The Morgan fingerprint density at radius 2 is 1.89 bits per heavy atom. The van der Waals surface area contributed by atoms with Crippen molar-refractivity contribution >= 4 is 21.6 Å². The van der Waals surface area contributed by atoms with Crippen LogP contribution in [-0.4, -0.2) is 21.1 Å². The first-order valence-corrected chi connectivity index (χ1v) is 6.87. The lowest BCUT2D eigenvalue weighted by atomic mass is 10.1. The monoisotopic (exact) mass is 316 g/mol. The van der Waals surface area contributed by atoms with Crippen molar-refractivity contribution in [2.24, 2.45) is 5.73 Å². The highest BCUT2D eigenvalue weighted by Gasteiger charge is 2.04. The number of rotatable bonds is 3. The standard InChI is InChI=1S/C14H13BrN4/c15-11-3-1-10(2-4-11)13-5-6-14-17-12(7-8-16)9-19(14)18-13/h1-6,9H,7-8,16H2. The molecule has 0 aliphatic heterocycles. The fourth-order valence-electron chi connectivity index (χ4n) is 1.97. The van der Waals surface area contributed by atoms with Crippen LogP contribution in [0.4, 0.5) is 0 Å². The summed E-state index contributed by atoms with van der Waals surface area (Å²) in [6, 6.07) is 12.1. The minimum absolute atomic E-state index is 0.601. The SMILES string of the molecule is NCCc1cn2nc(-c3ccc(Br)cc3)ccc2n1. The Labute approximate surface area is 119 Å². The van der Waals surface area contributed by atoms with E-state index in [2.05, 4.69) is 26.0 Å². The molecule has 2 N–H and O–H groups in total. The van der Waals surface area contributed by atoms with Crippen LogP contribution in [0.2, 0.25) is 0 Å². The van der Waals surface area contributed by atoms with Gasteiger partial charge in [-0.2, -0.15) is 5.10 Å². The molecular formula is C14H13BrN4. The molecule has 0 bridgehead atoms. The van der Waals surface area contributed by atoms with E-state index >= 15 is 0 Å². The summed E-state index contributed by atoms with van der Waals surface area (Å²) in [6.45, 7) is 0.601. The molecule has 2 heterocycles. The van der Waals surface area contributed by atoms with Crippen LogP contribution in [0.1, 0.15) is 5.69 Å². The number of halogens is 1. The van der Waals surface area contributed by atoms with Gasteiger partial charge in [0.25, 0.3) is 0 Å². The highest BCUT2D eigenvalue weighted by molar-refractivity contribution is 9.10. The van der Waals surface area contributed by atoms with Crippen LogP contribution in [0.5, 0.6) is 0 Å². The molecule has 0 spiro atoms. The van der Waals surface area contributed by atoms with Crippen molar-refractivity contribution in [1.29, 1.82) is 0 Å². The Balaban J connectivity index is 2.03. The van der Waals surface area contributed by atoms with Gasteiger partial charge in [0.2, 0.25) is 0 Å². The third kappa shape index (κ3) is 2.52. The number of hydrogen-bond acceptors (Lipinski definition) is 3. The van der Waals surface area contributed by atoms with Gasteiger partial charge in [-0.05, 0) is 30.8 Å². The van der Waals surface area contributed by atoms with Crippen molar-refractivity contribution in [2.75, 3.05) is 6.54 Å². The maximum absolute atomic E-state index is 5.54. The zero-order valence-corrected chi connectivity index (χ0v) is 11.8. The fourth-order valence-corrected chi connectivity index (χ4v) is 2.24. The number of nitrogens with zero attached hydrogens (tertiary/aromatic N) is 3. The van der Waals surface area contributed by atoms with Gasteiger partial charge in [0, 0.05) is 16.5 Å². The number of nitrogens with two attached hydrogens (primary N) is 1. The smallest absolute Gasteiger partial charge is 0.153 e. The minimum Gasteiger partial charge on any atom is -0.330 e. The highest BCUT2D eigenvalue weighted by atomic mass is 79.9. The lowest BCUT2D eigenvalue weighted by molar-refractivity contribution is 0.917. The van der Waals surface area contributed by atoms with Gasteiger partial charge >= 0.3 is 0 Å². The summed E-state index contributed by atoms with van der Waals surface area (Å²) in [5.74, 6) is 0. The predicted octanol–water partition coefficient (Wildman–Crippen LogP) is 2.66. The van der Waals surface area contributed by atoms with Crippen molar-refractivity contribution in [3.05, 3.63) is 52.8 Å². The Morgan fingerprint density at radius 3 is 2.63 bits per heavy atom. The third-order valence-electron chi connectivity index (χ3n) is 2.91. The summed E-state index contributed by atoms with van der Waals surface area (Å²) in [6.07, 6.45) is 2.71. The average Bonchev–Trinajstić information content (AvgIpc) is 2.81. The van der Waals surface area contributed by atoms with Gasteiger partial charge in [-0.15, -0.1) is 0 Å². The number of benzene rings is 1. The largest absolute Gasteiger partial charge is 0.330 e. The molecule has 0 amide bonds. The van der Waals surface area contributed by atoms with E-state index < -0.39 is 0 Å². The second-order valence-electron chi connectivity index (χ2n) is 4.30. The van der Waals surface area contributed by atoms with Crippen molar-refractivity contribution in [1.82, 2.24) is 14.6 Å². The fraction of sp³-hybridized carbons (Fsp3) is 0.143. The number of aromatic nitrogens is 3. The summed E-state index contributed by atoms with van der Waals surface area (Å²) in [7, 11) is 0. The van der Waals surface area contributed by atoms with E-state index in [0.29, 0.717) is 6.54 Å². The number of imidazole rings is 1. The van der Waals surface area contributed by atoms with Gasteiger partial charge in [0.05, 0.1) is 17.6 Å². The van der Waals surface area contributed by atoms with Crippen LogP contribution in [0.15, 0.2) is 47.1 Å². The van der Waals surface area contributed by atoms with E-state index in [1.807, 2.05) is 47.1 Å². The summed E-state index contributed by atoms with van der Waals surface area (Å²) in [5.41, 5.74) is 9.38. The first kappa shape index (κ1) is 12.3. The van der Waals surface area contributed by atoms with Crippen LogP contribution < -0.4 is 5.73 Å². The Bertz CT molecular complexity index is 703. The van der Waals surface area contributed by atoms with Gasteiger partial charge < -0.3 is 5.73 Å². The van der Waals surface area contributed by atoms with E-state index in [9.17, 15) is 0 Å². The molecular weight excluding hydrogens is 304 g/mol. The topological polar surface area (TPSA) is 56.2 Å². The first-order chi connectivity index (χ1) is 9.26. The van der Waals surface area contributed by atoms with Crippen LogP contribution in [-0.2, 0) is 6.42 Å². The van der Waals surface area contributed by atoms with E-state index in [4.69, 9.17) is 5.73 Å². The Kier molecular flexibility index (Phi) is 3.31. The summed E-state index contributed by atoms with van der Waals surface area (Å²) < 4.78 is 2.87. The van der Waals surface area contributed by atoms with E-state index in [-0.39, 0.29) is 0 Å². The van der Waals surface area contributed by atoms with Crippen molar-refractivity contribution in [2.45, 2.75) is 6.42 Å². The quantitative estimate of drug-likeness (QED) is 0.808. The van der Waals surface area contributed by atoms with Gasteiger partial charge in [-0.25, -0.2) is 9.50 Å². The molecule has 0 radical (unpaired) electrons. The molecule has 0 unspecified atom stereocenters. The number of hydrogen-bond donors (Lipinski definition) is 1. The van der Waals surface area contributed by atoms with Crippen LogP contribution in [0.3, 0.4) is 0 Å². The molecule has 0 atom stereocenters. The first-order valence-electron chi connectivity index (χ1n) is 6.07. The Hall–Kier alpha value is -1.72. The second kappa shape index (κ2) is 5.11. The van der Waals surface area contributed by atoms with Crippen LogP contribution in [0, 0.1) is 0 Å². The molecule has 0 saturated carbocycles. The van der Waals surface area contributed by atoms with Crippen LogP contribution in [0.25, 0.3) is 16.9 Å². The van der Waals surface area contributed by atoms with Gasteiger partial charge in [0.1, 0.15) is 0 Å². The van der Waals surface area contributed by atoms with Gasteiger partial charge in [-0.1, -0.05) is 28.1 Å². The second-order valence-corrected chi connectivity index (χ2v) is 5.21. The van der Waals surface area contributed by atoms with E-state index in [1.54, 1.807) is 0 Å². The lowest BCUT2D eigenvalue weighted by Crippen LogP contribution is -2.02. The minimum atomic E-state index is 0.601. The third-order valence-corrected chi connectivity index (χ3v) is 3.44. The zero-order chi connectivity index (χ0) is 13.2. The van der Waals surface area contributed by atoms with Crippen molar-refractivity contribution in [3.8, 4) is 11.3 Å². The Morgan fingerprint density at radius 1 is 1.11 bits per heavy atom. The summed E-state index contributed by atoms with van der Waals surface area (Å²) in [5, 5.41) is 4.58. The van der Waals surface area contributed by atoms with Crippen LogP contribution >= 0.6 is 15.9 Å². The average molecular weight is 317 g/mol. The molecule has 0 fully saturated rings. The molecule has 5 heteroatoms. The molecule has 0 aliphatic rings.